The molecule has 0 unspecified atom stereocenters. The summed E-state index contributed by atoms with van der Waals surface area (Å²) in [5, 5.41) is 18.9. The molecule has 28 heavy (non-hydrogen) atoms. The number of aromatic nitrogens is 1. The first-order chi connectivity index (χ1) is 13.1. The fraction of sp³-hybridized carbons (Fsp3) is 0.300. The molecule has 0 bridgehead atoms. The second kappa shape index (κ2) is 6.75. The average molecular weight is 377 g/mol. The molecule has 3 rings (SSSR count). The van der Waals surface area contributed by atoms with Crippen molar-refractivity contribution in [3.05, 3.63) is 50.8 Å². The summed E-state index contributed by atoms with van der Waals surface area (Å²) in [6.07, 6.45) is -0.416. The zero-order valence-corrected chi connectivity index (χ0v) is 15.8. The number of pyridine rings is 1. The summed E-state index contributed by atoms with van der Waals surface area (Å²) in [5.41, 5.74) is 6.91. The van der Waals surface area contributed by atoms with Crippen molar-refractivity contribution >= 4 is 11.9 Å². The smallest absolute Gasteiger partial charge is 0.410 e. The van der Waals surface area contributed by atoms with Gasteiger partial charge >= 0.3 is 6.09 Å². The lowest BCUT2D eigenvalue weighted by atomic mass is 9.94. The molecule has 0 saturated heterocycles. The number of fused-ring (bicyclic) bond motifs is 1. The minimum Gasteiger partial charge on any atom is -0.444 e. The highest BCUT2D eigenvalue weighted by Gasteiger charge is 2.28. The standard InChI is InChI=1S/C20H19N5O3/c1-20(2,3)28-19(27)25-9-12-5-4-11(6-13(12)10-25)16-14(7-21)17(23)24-18(26)15(16)8-22/h4-6H,9-10H2,1-3H3,(H3,23,24,26). The van der Waals surface area contributed by atoms with E-state index in [1.165, 1.54) is 0 Å². The average Bonchev–Trinajstić information content (AvgIpc) is 3.03. The van der Waals surface area contributed by atoms with Gasteiger partial charge < -0.3 is 15.5 Å². The summed E-state index contributed by atoms with van der Waals surface area (Å²) < 4.78 is 5.41. The van der Waals surface area contributed by atoms with Crippen molar-refractivity contribution in [2.75, 3.05) is 5.73 Å². The molecular weight excluding hydrogens is 358 g/mol. The van der Waals surface area contributed by atoms with Crippen LogP contribution in [0.25, 0.3) is 11.1 Å². The van der Waals surface area contributed by atoms with Gasteiger partial charge in [-0.05, 0) is 43.5 Å². The monoisotopic (exact) mass is 377 g/mol. The molecule has 1 aromatic carbocycles. The number of nitrogens with one attached hydrogen (secondary N) is 1. The molecule has 1 aliphatic heterocycles. The normalized spacial score (nSPS) is 12.8. The number of hydrogen-bond acceptors (Lipinski definition) is 6. The molecule has 2 aromatic rings. The van der Waals surface area contributed by atoms with Crippen LogP contribution in [0.15, 0.2) is 23.0 Å². The number of aromatic amines is 1. The number of nitrogens with zero attached hydrogens (tertiary/aromatic N) is 3. The van der Waals surface area contributed by atoms with E-state index in [1.54, 1.807) is 37.8 Å². The molecule has 1 aromatic heterocycles. The number of nitrogens with two attached hydrogens (primary N) is 1. The number of amides is 1. The van der Waals surface area contributed by atoms with Crippen LogP contribution in [0.4, 0.5) is 10.6 Å². The van der Waals surface area contributed by atoms with Crippen LogP contribution in [-0.4, -0.2) is 21.6 Å². The number of carbonyl (C=O) groups is 1. The van der Waals surface area contributed by atoms with E-state index in [1.807, 2.05) is 18.2 Å². The lowest BCUT2D eigenvalue weighted by Crippen LogP contribution is -2.33. The number of carbonyl (C=O) groups excluding carboxylic acids is 1. The Kier molecular flexibility index (Phi) is 4.58. The zero-order valence-electron chi connectivity index (χ0n) is 15.8. The van der Waals surface area contributed by atoms with Gasteiger partial charge in [0.15, 0.2) is 0 Å². The lowest BCUT2D eigenvalue weighted by Gasteiger charge is -2.24. The van der Waals surface area contributed by atoms with Crippen LogP contribution in [0.5, 0.6) is 0 Å². The zero-order chi connectivity index (χ0) is 20.6. The van der Waals surface area contributed by atoms with Crippen LogP contribution in [-0.2, 0) is 17.8 Å². The van der Waals surface area contributed by atoms with Gasteiger partial charge in [-0.15, -0.1) is 0 Å². The van der Waals surface area contributed by atoms with Crippen molar-refractivity contribution < 1.29 is 9.53 Å². The Bertz CT molecular complexity index is 1110. The molecule has 2 heterocycles. The molecule has 8 nitrogen and oxygen atoms in total. The topological polar surface area (TPSA) is 136 Å². The number of nitriles is 2. The van der Waals surface area contributed by atoms with Crippen LogP contribution >= 0.6 is 0 Å². The Morgan fingerprint density at radius 3 is 2.43 bits per heavy atom. The van der Waals surface area contributed by atoms with Gasteiger partial charge in [0.1, 0.15) is 34.7 Å². The van der Waals surface area contributed by atoms with E-state index in [4.69, 9.17) is 10.5 Å². The van der Waals surface area contributed by atoms with Gasteiger partial charge in [-0.3, -0.25) is 9.69 Å². The number of ether oxygens (including phenoxy) is 1. The van der Waals surface area contributed by atoms with Crippen LogP contribution in [0, 0.1) is 22.7 Å². The Labute approximate surface area is 161 Å². The number of rotatable bonds is 1. The number of H-pyrrole nitrogens is 1. The molecule has 0 spiro atoms. The first-order valence-electron chi connectivity index (χ1n) is 8.60. The van der Waals surface area contributed by atoms with Gasteiger partial charge in [-0.2, -0.15) is 10.5 Å². The van der Waals surface area contributed by atoms with Crippen molar-refractivity contribution in [2.45, 2.75) is 39.5 Å². The molecule has 1 aliphatic rings. The Balaban J connectivity index is 2.02. The van der Waals surface area contributed by atoms with E-state index in [0.29, 0.717) is 18.7 Å². The Morgan fingerprint density at radius 2 is 1.82 bits per heavy atom. The molecular formula is C20H19N5O3. The van der Waals surface area contributed by atoms with Crippen molar-refractivity contribution in [3.63, 3.8) is 0 Å². The van der Waals surface area contributed by atoms with Crippen LogP contribution in [0.2, 0.25) is 0 Å². The van der Waals surface area contributed by atoms with Gasteiger partial charge in [0.05, 0.1) is 0 Å². The van der Waals surface area contributed by atoms with Crippen molar-refractivity contribution in [1.82, 2.24) is 9.88 Å². The third kappa shape index (κ3) is 3.40. The quantitative estimate of drug-likeness (QED) is 0.784. The summed E-state index contributed by atoms with van der Waals surface area (Å²) in [7, 11) is 0. The molecule has 142 valence electrons. The summed E-state index contributed by atoms with van der Waals surface area (Å²) in [5.74, 6) is -0.0858. The van der Waals surface area contributed by atoms with Gasteiger partial charge in [-0.1, -0.05) is 12.1 Å². The van der Waals surface area contributed by atoms with E-state index in [-0.39, 0.29) is 22.5 Å². The third-order valence-electron chi connectivity index (χ3n) is 4.34. The largest absolute Gasteiger partial charge is 0.444 e. The molecule has 1 amide bonds. The van der Waals surface area contributed by atoms with E-state index < -0.39 is 17.3 Å². The summed E-state index contributed by atoms with van der Waals surface area (Å²) in [4.78, 5) is 28.3. The van der Waals surface area contributed by atoms with Crippen molar-refractivity contribution in [2.24, 2.45) is 0 Å². The van der Waals surface area contributed by atoms with Gasteiger partial charge in [-0.25, -0.2) is 4.79 Å². The molecule has 0 atom stereocenters. The second-order valence-electron chi connectivity index (χ2n) is 7.54. The minimum atomic E-state index is -0.648. The molecule has 0 saturated carbocycles. The summed E-state index contributed by atoms with van der Waals surface area (Å²) in [6.45, 7) is 6.14. The molecule has 0 fully saturated rings. The van der Waals surface area contributed by atoms with Gasteiger partial charge in [0.25, 0.3) is 5.56 Å². The molecule has 0 radical (unpaired) electrons. The van der Waals surface area contributed by atoms with Crippen LogP contribution < -0.4 is 11.3 Å². The van der Waals surface area contributed by atoms with Gasteiger partial charge in [0.2, 0.25) is 0 Å². The van der Waals surface area contributed by atoms with E-state index >= 15 is 0 Å². The number of hydrogen-bond donors (Lipinski definition) is 2. The highest BCUT2D eigenvalue weighted by Crippen LogP contribution is 2.33. The lowest BCUT2D eigenvalue weighted by molar-refractivity contribution is 0.0242. The number of anilines is 1. The summed E-state index contributed by atoms with van der Waals surface area (Å²) >= 11 is 0. The molecule has 3 N–H and O–H groups in total. The number of benzene rings is 1. The predicted octanol–water partition coefficient (Wildman–Crippen LogP) is 2.62. The molecule has 8 heteroatoms. The predicted molar refractivity (Wildman–Crippen MR) is 102 cm³/mol. The van der Waals surface area contributed by atoms with Crippen LogP contribution in [0.3, 0.4) is 0 Å². The first kappa shape index (κ1) is 19.0. The van der Waals surface area contributed by atoms with E-state index in [9.17, 15) is 20.1 Å². The Morgan fingerprint density at radius 1 is 1.18 bits per heavy atom. The maximum atomic E-state index is 12.3. The van der Waals surface area contributed by atoms with E-state index in [2.05, 4.69) is 4.98 Å². The maximum Gasteiger partial charge on any atom is 0.410 e. The molecule has 0 aliphatic carbocycles. The second-order valence-corrected chi connectivity index (χ2v) is 7.54. The number of nitrogen functional groups attached to an aromatic ring is 1. The Hall–Kier alpha value is -3.78. The fourth-order valence-electron chi connectivity index (χ4n) is 3.14. The third-order valence-corrected chi connectivity index (χ3v) is 4.34. The first-order valence-corrected chi connectivity index (χ1v) is 8.60. The highest BCUT2D eigenvalue weighted by atomic mass is 16.6. The minimum absolute atomic E-state index is 0.0399. The maximum absolute atomic E-state index is 12.3. The van der Waals surface area contributed by atoms with Crippen molar-refractivity contribution in [1.29, 1.82) is 10.5 Å². The van der Waals surface area contributed by atoms with Gasteiger partial charge in [0, 0.05) is 18.7 Å². The fourth-order valence-corrected chi connectivity index (χ4v) is 3.14. The van der Waals surface area contributed by atoms with Crippen LogP contribution in [0.1, 0.15) is 43.0 Å². The van der Waals surface area contributed by atoms with Crippen molar-refractivity contribution in [3.8, 4) is 23.3 Å². The summed E-state index contributed by atoms with van der Waals surface area (Å²) in [6, 6.07) is 9.11. The SMILES string of the molecule is CC(C)(C)OC(=O)N1Cc2ccc(-c3c(C#N)c(N)[nH]c(=O)c3C#N)cc2C1. The van der Waals surface area contributed by atoms with E-state index in [0.717, 1.165) is 11.1 Å². The highest BCUT2D eigenvalue weighted by molar-refractivity contribution is 5.81.